The zero-order chi connectivity index (χ0) is 34.1. The molecule has 14 heteroatoms. The van der Waals surface area contributed by atoms with E-state index in [9.17, 15) is 27.2 Å². The number of carbonyl (C=O) groups is 1. The van der Waals surface area contributed by atoms with Crippen molar-refractivity contribution in [2.75, 3.05) is 0 Å². The number of fused-ring (bicyclic) bond motifs is 4. The Bertz CT molecular complexity index is 2110. The molecule has 0 radical (unpaired) electrons. The second kappa shape index (κ2) is 11.6. The summed E-state index contributed by atoms with van der Waals surface area (Å²) >= 11 is 0. The molecule has 2 aliphatic carbocycles. The van der Waals surface area contributed by atoms with Crippen molar-refractivity contribution in [2.24, 2.45) is 5.92 Å². The van der Waals surface area contributed by atoms with E-state index in [1.807, 2.05) is 26.0 Å². The Balaban J connectivity index is 1.33. The fraction of sp³-hybridized carbons (Fsp3) is 0.324. The number of hydrogen-bond donors (Lipinski definition) is 1. The molecule has 0 aliphatic heterocycles. The molecule has 0 saturated heterocycles. The first-order chi connectivity index (χ1) is 22.8. The molecule has 8 nitrogen and oxygen atoms in total. The lowest BCUT2D eigenvalue weighted by atomic mass is 10.0. The van der Waals surface area contributed by atoms with Gasteiger partial charge < -0.3 is 5.32 Å². The van der Waals surface area contributed by atoms with Gasteiger partial charge in [0.05, 0.1) is 17.1 Å². The minimum Gasteiger partial charge on any atom is -0.344 e. The van der Waals surface area contributed by atoms with Crippen LogP contribution in [-0.2, 0) is 23.7 Å². The van der Waals surface area contributed by atoms with Crippen molar-refractivity contribution >= 4 is 16.9 Å². The third-order valence-electron chi connectivity index (χ3n) is 8.96. The van der Waals surface area contributed by atoms with Crippen LogP contribution in [0.25, 0.3) is 16.7 Å². The second-order valence-corrected chi connectivity index (χ2v) is 12.5. The first-order valence-electron chi connectivity index (χ1n) is 15.3. The number of aromatic nitrogens is 5. The average molecular weight is 667 g/mol. The summed E-state index contributed by atoms with van der Waals surface area (Å²) in [5, 5.41) is 6.53. The standard InChI is InChI=1S/C34H28F6N6O2/c1-16(2)18-5-7-21(8-6-18)46-32(43-31-22(33(46)48)4-3-9-41-31)25(12-17-10-19(35)13-20(36)11-17)42-26(47)15-45-29-27(28(44-45)30(37)38)23-14-24(23)34(29,39)40/h3-11,13,16,23-25,30H,12,14-15H2,1-2H3,(H,42,47)/t23-,24+,25-/m0/s1. The predicted molar refractivity (Wildman–Crippen MR) is 162 cm³/mol. The van der Waals surface area contributed by atoms with Gasteiger partial charge in [0.1, 0.15) is 35.4 Å². The lowest BCUT2D eigenvalue weighted by molar-refractivity contribution is -0.123. The number of hydrogen-bond acceptors (Lipinski definition) is 5. The smallest absolute Gasteiger partial charge is 0.293 e. The maximum absolute atomic E-state index is 15.2. The summed E-state index contributed by atoms with van der Waals surface area (Å²) in [4.78, 5) is 36.4. The van der Waals surface area contributed by atoms with Crippen LogP contribution in [0.2, 0.25) is 0 Å². The second-order valence-electron chi connectivity index (χ2n) is 12.5. The lowest BCUT2D eigenvalue weighted by Gasteiger charge is -2.23. The van der Waals surface area contributed by atoms with E-state index in [2.05, 4.69) is 20.4 Å². The molecule has 3 atom stereocenters. The molecule has 1 fully saturated rings. The number of pyridine rings is 1. The summed E-state index contributed by atoms with van der Waals surface area (Å²) in [6, 6.07) is 11.6. The van der Waals surface area contributed by atoms with E-state index in [1.54, 1.807) is 18.2 Å². The van der Waals surface area contributed by atoms with E-state index in [4.69, 9.17) is 0 Å². The molecule has 48 heavy (non-hydrogen) atoms. The first-order valence-corrected chi connectivity index (χ1v) is 15.3. The highest BCUT2D eigenvalue weighted by Crippen LogP contribution is 2.68. The zero-order valence-electron chi connectivity index (χ0n) is 25.6. The lowest BCUT2D eigenvalue weighted by Crippen LogP contribution is -2.38. The molecule has 1 saturated carbocycles. The van der Waals surface area contributed by atoms with Crippen LogP contribution in [-0.4, -0.2) is 30.2 Å². The number of halogens is 6. The van der Waals surface area contributed by atoms with Crippen LogP contribution >= 0.6 is 0 Å². The molecular formula is C34H28F6N6O2. The molecule has 248 valence electrons. The quantitative estimate of drug-likeness (QED) is 0.179. The largest absolute Gasteiger partial charge is 0.344 e. The number of alkyl halides is 4. The van der Waals surface area contributed by atoms with Crippen molar-refractivity contribution in [3.05, 3.63) is 117 Å². The van der Waals surface area contributed by atoms with E-state index in [-0.39, 0.29) is 46.7 Å². The highest BCUT2D eigenvalue weighted by atomic mass is 19.3. The van der Waals surface area contributed by atoms with Gasteiger partial charge in [-0.25, -0.2) is 27.5 Å². The van der Waals surface area contributed by atoms with Gasteiger partial charge in [-0.1, -0.05) is 26.0 Å². The fourth-order valence-electron chi connectivity index (χ4n) is 6.65. The van der Waals surface area contributed by atoms with Crippen LogP contribution in [0, 0.1) is 17.6 Å². The summed E-state index contributed by atoms with van der Waals surface area (Å²) in [6.07, 6.45) is -1.95. The normalized spacial score (nSPS) is 18.3. The molecule has 0 bridgehead atoms. The number of rotatable bonds is 9. The summed E-state index contributed by atoms with van der Waals surface area (Å²) in [5.41, 5.74) is -0.802. The maximum Gasteiger partial charge on any atom is 0.293 e. The van der Waals surface area contributed by atoms with E-state index in [1.165, 1.54) is 16.8 Å². The van der Waals surface area contributed by atoms with Crippen LogP contribution in [0.5, 0.6) is 0 Å². The maximum atomic E-state index is 15.2. The summed E-state index contributed by atoms with van der Waals surface area (Å²) in [6.45, 7) is 3.13. The Morgan fingerprint density at radius 3 is 2.44 bits per heavy atom. The topological polar surface area (TPSA) is 94.7 Å². The van der Waals surface area contributed by atoms with Gasteiger partial charge in [-0.15, -0.1) is 0 Å². The van der Waals surface area contributed by atoms with Crippen LogP contribution in [0.1, 0.15) is 78.5 Å². The van der Waals surface area contributed by atoms with E-state index in [0.717, 1.165) is 17.7 Å². The highest BCUT2D eigenvalue weighted by molar-refractivity contribution is 5.77. The summed E-state index contributed by atoms with van der Waals surface area (Å²) in [5.74, 6) is -7.93. The van der Waals surface area contributed by atoms with Gasteiger partial charge in [0.15, 0.2) is 5.65 Å². The van der Waals surface area contributed by atoms with Crippen LogP contribution in [0.4, 0.5) is 26.3 Å². The van der Waals surface area contributed by atoms with Crippen molar-refractivity contribution in [1.82, 2.24) is 29.6 Å². The van der Waals surface area contributed by atoms with Crippen molar-refractivity contribution in [1.29, 1.82) is 0 Å². The van der Waals surface area contributed by atoms with Crippen LogP contribution < -0.4 is 10.9 Å². The first kappa shape index (κ1) is 31.6. The van der Waals surface area contributed by atoms with E-state index in [0.29, 0.717) is 16.4 Å². The summed E-state index contributed by atoms with van der Waals surface area (Å²) < 4.78 is 88.6. The van der Waals surface area contributed by atoms with Gasteiger partial charge in [0, 0.05) is 30.2 Å². The monoisotopic (exact) mass is 666 g/mol. The number of nitrogens with one attached hydrogen (secondary N) is 1. The van der Waals surface area contributed by atoms with Gasteiger partial charge in [-0.05, 0) is 65.8 Å². The van der Waals surface area contributed by atoms with Gasteiger partial charge in [0.25, 0.3) is 17.9 Å². The Hall–Kier alpha value is -5.01. The molecule has 7 rings (SSSR count). The molecule has 3 aromatic heterocycles. The molecule has 0 spiro atoms. The Morgan fingerprint density at radius 1 is 1.06 bits per heavy atom. The minimum atomic E-state index is -3.45. The number of nitrogens with zero attached hydrogens (tertiary/aromatic N) is 5. The zero-order valence-corrected chi connectivity index (χ0v) is 25.6. The van der Waals surface area contributed by atoms with Gasteiger partial charge >= 0.3 is 0 Å². The fourth-order valence-corrected chi connectivity index (χ4v) is 6.65. The predicted octanol–water partition coefficient (Wildman–Crippen LogP) is 6.63. The average Bonchev–Trinajstić information content (AvgIpc) is 3.69. The SMILES string of the molecule is CC(C)c1ccc(-n2c([C@H](Cc3cc(F)cc(F)c3)NC(=O)Cn3nc(C(F)F)c4c3C(F)(F)[C@@H]3C[C@H]43)nc3ncccc3c2=O)cc1. The van der Waals surface area contributed by atoms with Crippen molar-refractivity contribution < 1.29 is 31.1 Å². The Morgan fingerprint density at radius 2 is 1.77 bits per heavy atom. The Kier molecular flexibility index (Phi) is 7.63. The van der Waals surface area contributed by atoms with Crippen molar-refractivity contribution in [3.63, 3.8) is 0 Å². The van der Waals surface area contributed by atoms with Crippen molar-refractivity contribution in [3.8, 4) is 5.69 Å². The van der Waals surface area contributed by atoms with Gasteiger partial charge in [0.2, 0.25) is 5.91 Å². The highest BCUT2D eigenvalue weighted by Gasteiger charge is 2.67. The molecule has 1 N–H and O–H groups in total. The molecule has 0 unspecified atom stereocenters. The molecule has 3 heterocycles. The van der Waals surface area contributed by atoms with Crippen LogP contribution in [0.15, 0.2) is 65.6 Å². The minimum absolute atomic E-state index is 0.0301. The molecule has 5 aromatic rings. The van der Waals surface area contributed by atoms with Gasteiger partial charge in [-0.2, -0.15) is 13.9 Å². The summed E-state index contributed by atoms with van der Waals surface area (Å²) in [7, 11) is 0. The van der Waals surface area contributed by atoms with E-state index >= 15 is 8.78 Å². The number of carbonyl (C=O) groups excluding carboxylic acids is 1. The Labute approximate surface area is 269 Å². The van der Waals surface area contributed by atoms with E-state index < -0.39 is 71.3 Å². The molecule has 2 aromatic carbocycles. The molecule has 1 amide bonds. The molecular weight excluding hydrogens is 638 g/mol. The van der Waals surface area contributed by atoms with Crippen LogP contribution in [0.3, 0.4) is 0 Å². The number of benzene rings is 2. The van der Waals surface area contributed by atoms with Crippen molar-refractivity contribution in [2.45, 2.75) is 63.5 Å². The third kappa shape index (κ3) is 5.42. The third-order valence-corrected chi connectivity index (χ3v) is 8.96. The molecule has 2 aliphatic rings. The van der Waals surface area contributed by atoms with Gasteiger partial charge in [-0.3, -0.25) is 18.8 Å². The number of amides is 1.